The summed E-state index contributed by atoms with van der Waals surface area (Å²) in [4.78, 5) is 34.0. The highest BCUT2D eigenvalue weighted by molar-refractivity contribution is 7.99. The number of rotatable bonds is 6. The molecule has 26 heavy (non-hydrogen) atoms. The maximum absolute atomic E-state index is 12.5. The number of carbonyl (C=O) groups is 1. The SMILES string of the molecule is CN(CCC#N)C(=O)CSc1nc2scc(-c3ccccc3)c2c(=O)[nH]1. The highest BCUT2D eigenvalue weighted by atomic mass is 32.2. The van der Waals surface area contributed by atoms with Gasteiger partial charge in [-0.15, -0.1) is 11.3 Å². The Morgan fingerprint density at radius 1 is 1.38 bits per heavy atom. The van der Waals surface area contributed by atoms with Crippen LogP contribution in [0.4, 0.5) is 0 Å². The maximum atomic E-state index is 12.5. The molecule has 0 aliphatic carbocycles. The molecule has 0 unspecified atom stereocenters. The number of nitrogens with zero attached hydrogens (tertiary/aromatic N) is 3. The first-order valence-electron chi connectivity index (χ1n) is 7.91. The molecule has 1 amide bonds. The molecule has 3 rings (SSSR count). The van der Waals surface area contributed by atoms with Crippen LogP contribution in [0, 0.1) is 11.3 Å². The van der Waals surface area contributed by atoms with Crippen LogP contribution in [-0.4, -0.2) is 40.1 Å². The number of fused-ring (bicyclic) bond motifs is 1. The number of benzene rings is 1. The molecule has 8 heteroatoms. The predicted molar refractivity (Wildman–Crippen MR) is 104 cm³/mol. The quantitative estimate of drug-likeness (QED) is 0.521. The number of thioether (sulfide) groups is 1. The van der Waals surface area contributed by atoms with E-state index in [9.17, 15) is 9.59 Å². The summed E-state index contributed by atoms with van der Waals surface area (Å²) in [5.74, 6) is 0.0527. The topological polar surface area (TPSA) is 89.8 Å². The fourth-order valence-corrected chi connectivity index (χ4v) is 4.22. The second kappa shape index (κ2) is 8.17. The third-order valence-corrected chi connectivity index (χ3v) is 5.55. The first-order chi connectivity index (χ1) is 12.6. The van der Waals surface area contributed by atoms with Gasteiger partial charge in [0.1, 0.15) is 4.83 Å². The average molecular weight is 384 g/mol. The number of hydrogen-bond donors (Lipinski definition) is 1. The molecule has 6 nitrogen and oxygen atoms in total. The molecule has 0 fully saturated rings. The number of amides is 1. The monoisotopic (exact) mass is 384 g/mol. The molecule has 0 spiro atoms. The molecule has 0 saturated heterocycles. The summed E-state index contributed by atoms with van der Waals surface area (Å²) >= 11 is 2.60. The van der Waals surface area contributed by atoms with Crippen LogP contribution in [0.1, 0.15) is 6.42 Å². The predicted octanol–water partition coefficient (Wildman–Crippen LogP) is 3.12. The van der Waals surface area contributed by atoms with Crippen molar-refractivity contribution in [3.8, 4) is 17.2 Å². The van der Waals surface area contributed by atoms with E-state index >= 15 is 0 Å². The number of thiophene rings is 1. The lowest BCUT2D eigenvalue weighted by atomic mass is 10.1. The molecule has 0 atom stereocenters. The Kier molecular flexibility index (Phi) is 5.71. The Labute approximate surface area is 158 Å². The highest BCUT2D eigenvalue weighted by Crippen LogP contribution is 2.31. The van der Waals surface area contributed by atoms with Gasteiger partial charge in [0.15, 0.2) is 5.16 Å². The van der Waals surface area contributed by atoms with E-state index in [0.717, 1.165) is 11.1 Å². The number of H-pyrrole nitrogens is 1. The number of aromatic nitrogens is 2. The molecule has 0 aliphatic rings. The van der Waals surface area contributed by atoms with Crippen LogP contribution in [0.3, 0.4) is 0 Å². The summed E-state index contributed by atoms with van der Waals surface area (Å²) < 4.78 is 0. The number of hydrogen-bond acceptors (Lipinski definition) is 6. The van der Waals surface area contributed by atoms with E-state index < -0.39 is 0 Å². The lowest BCUT2D eigenvalue weighted by molar-refractivity contribution is -0.127. The van der Waals surface area contributed by atoms with Gasteiger partial charge in [-0.05, 0) is 5.56 Å². The van der Waals surface area contributed by atoms with Crippen LogP contribution in [0.2, 0.25) is 0 Å². The van der Waals surface area contributed by atoms with Crippen LogP contribution in [0.5, 0.6) is 0 Å². The second-order valence-corrected chi connectivity index (χ2v) is 7.40. The zero-order valence-corrected chi connectivity index (χ0v) is 15.7. The summed E-state index contributed by atoms with van der Waals surface area (Å²) in [5.41, 5.74) is 1.63. The molecule has 2 aromatic heterocycles. The molecular weight excluding hydrogens is 368 g/mol. The summed E-state index contributed by atoms with van der Waals surface area (Å²) in [5, 5.41) is 11.5. The number of aromatic amines is 1. The van der Waals surface area contributed by atoms with Gasteiger partial charge in [-0.1, -0.05) is 42.1 Å². The van der Waals surface area contributed by atoms with E-state index in [0.29, 0.717) is 28.3 Å². The summed E-state index contributed by atoms with van der Waals surface area (Å²) in [6.07, 6.45) is 0.297. The first kappa shape index (κ1) is 18.2. The molecule has 0 radical (unpaired) electrons. The lowest BCUT2D eigenvalue weighted by Gasteiger charge is -2.14. The minimum absolute atomic E-state index is 0.107. The highest BCUT2D eigenvalue weighted by Gasteiger charge is 2.14. The van der Waals surface area contributed by atoms with Crippen molar-refractivity contribution in [2.24, 2.45) is 0 Å². The number of nitrogens with one attached hydrogen (secondary N) is 1. The molecule has 0 saturated carbocycles. The van der Waals surface area contributed by atoms with Crippen molar-refractivity contribution in [3.05, 3.63) is 46.1 Å². The van der Waals surface area contributed by atoms with Crippen molar-refractivity contribution in [2.75, 3.05) is 19.3 Å². The first-order valence-corrected chi connectivity index (χ1v) is 9.77. The van der Waals surface area contributed by atoms with Crippen LogP contribution >= 0.6 is 23.1 Å². The summed E-state index contributed by atoms with van der Waals surface area (Å²) in [7, 11) is 1.66. The van der Waals surface area contributed by atoms with Crippen LogP contribution in [-0.2, 0) is 4.79 Å². The van der Waals surface area contributed by atoms with E-state index in [4.69, 9.17) is 5.26 Å². The Hall–Kier alpha value is -2.63. The van der Waals surface area contributed by atoms with E-state index in [1.807, 2.05) is 41.8 Å². The number of carbonyl (C=O) groups excluding carboxylic acids is 1. The van der Waals surface area contributed by atoms with Gasteiger partial charge in [-0.3, -0.25) is 9.59 Å². The minimum Gasteiger partial charge on any atom is -0.344 e. The van der Waals surface area contributed by atoms with Crippen LogP contribution in [0.25, 0.3) is 21.3 Å². The van der Waals surface area contributed by atoms with Crippen molar-refractivity contribution in [1.82, 2.24) is 14.9 Å². The van der Waals surface area contributed by atoms with Crippen LogP contribution < -0.4 is 5.56 Å². The van der Waals surface area contributed by atoms with Crippen molar-refractivity contribution in [2.45, 2.75) is 11.6 Å². The Balaban J connectivity index is 1.79. The van der Waals surface area contributed by atoms with E-state index in [1.54, 1.807) is 7.05 Å². The zero-order chi connectivity index (χ0) is 18.5. The molecule has 3 aromatic rings. The van der Waals surface area contributed by atoms with E-state index in [-0.39, 0.29) is 17.2 Å². The van der Waals surface area contributed by atoms with Gasteiger partial charge < -0.3 is 9.88 Å². The third-order valence-electron chi connectivity index (χ3n) is 3.82. The molecule has 2 heterocycles. The zero-order valence-electron chi connectivity index (χ0n) is 14.1. The number of nitriles is 1. The van der Waals surface area contributed by atoms with Crippen molar-refractivity contribution in [3.63, 3.8) is 0 Å². The van der Waals surface area contributed by atoms with E-state index in [1.165, 1.54) is 28.0 Å². The smallest absolute Gasteiger partial charge is 0.260 e. The molecule has 0 bridgehead atoms. The molecule has 1 aromatic carbocycles. The minimum atomic E-state index is -0.206. The van der Waals surface area contributed by atoms with Crippen LogP contribution in [0.15, 0.2) is 45.7 Å². The average Bonchev–Trinajstić information content (AvgIpc) is 3.09. The van der Waals surface area contributed by atoms with E-state index in [2.05, 4.69) is 9.97 Å². The summed E-state index contributed by atoms with van der Waals surface area (Å²) in [6.45, 7) is 0.393. The maximum Gasteiger partial charge on any atom is 0.260 e. The Morgan fingerprint density at radius 2 is 2.15 bits per heavy atom. The van der Waals surface area contributed by atoms with Gasteiger partial charge in [0.05, 0.1) is 23.6 Å². The third kappa shape index (κ3) is 3.95. The standard InChI is InChI=1S/C18H16N4O2S2/c1-22(9-5-8-19)14(23)11-26-18-20-16(24)15-13(10-25-17(15)21-18)12-6-3-2-4-7-12/h2-4,6-7,10H,5,9,11H2,1H3,(H,20,21,24). The molecule has 132 valence electrons. The fraction of sp³-hybridized carbons (Fsp3) is 0.222. The van der Waals surface area contributed by atoms with Gasteiger partial charge in [-0.25, -0.2) is 4.98 Å². The second-order valence-electron chi connectivity index (χ2n) is 5.58. The van der Waals surface area contributed by atoms with Crippen molar-refractivity contribution >= 4 is 39.2 Å². The van der Waals surface area contributed by atoms with Crippen molar-refractivity contribution < 1.29 is 4.79 Å². The van der Waals surface area contributed by atoms with Gasteiger partial charge in [-0.2, -0.15) is 5.26 Å². The fourth-order valence-electron chi connectivity index (χ4n) is 2.41. The van der Waals surface area contributed by atoms with Gasteiger partial charge >= 0.3 is 0 Å². The van der Waals surface area contributed by atoms with Gasteiger partial charge in [0.25, 0.3) is 5.56 Å². The molecular formula is C18H16N4O2S2. The van der Waals surface area contributed by atoms with Crippen molar-refractivity contribution in [1.29, 1.82) is 5.26 Å². The molecule has 0 aliphatic heterocycles. The Morgan fingerprint density at radius 3 is 2.88 bits per heavy atom. The largest absolute Gasteiger partial charge is 0.344 e. The lowest BCUT2D eigenvalue weighted by Crippen LogP contribution is -2.29. The Bertz CT molecular complexity index is 1020. The summed E-state index contributed by atoms with van der Waals surface area (Å²) in [6, 6.07) is 11.7. The van der Waals surface area contributed by atoms with Gasteiger partial charge in [0.2, 0.25) is 5.91 Å². The normalized spacial score (nSPS) is 10.6. The molecule has 1 N–H and O–H groups in total. The van der Waals surface area contributed by atoms with Gasteiger partial charge in [0, 0.05) is 24.5 Å².